The van der Waals surface area contributed by atoms with Crippen molar-refractivity contribution in [3.8, 4) is 0 Å². The van der Waals surface area contributed by atoms with E-state index >= 15 is 0 Å². The molecule has 0 aromatic rings. The summed E-state index contributed by atoms with van der Waals surface area (Å²) in [7, 11) is -1.61. The van der Waals surface area contributed by atoms with Crippen molar-refractivity contribution in [2.24, 2.45) is 5.73 Å². The number of aliphatic hydroxyl groups excluding tert-OH is 1. The van der Waals surface area contributed by atoms with E-state index in [0.717, 1.165) is 0 Å². The zero-order chi connectivity index (χ0) is 10.4. The molecule has 6 N–H and O–H groups in total. The van der Waals surface area contributed by atoms with Crippen LogP contribution in [0.15, 0.2) is 0 Å². The highest BCUT2D eigenvalue weighted by molar-refractivity contribution is 6.43. The molecule has 6 nitrogen and oxygen atoms in total. The summed E-state index contributed by atoms with van der Waals surface area (Å²) < 4.78 is 0. The van der Waals surface area contributed by atoms with E-state index in [4.69, 9.17) is 20.9 Å². The molecule has 1 amide bonds. The molecular formula is C6H15BN2O4. The fourth-order valence-electron chi connectivity index (χ4n) is 0.760. The normalized spacial score (nSPS) is 14.8. The summed E-state index contributed by atoms with van der Waals surface area (Å²) in [4.78, 5) is 11.0. The van der Waals surface area contributed by atoms with Crippen molar-refractivity contribution in [2.45, 2.75) is 25.3 Å². The van der Waals surface area contributed by atoms with Gasteiger partial charge in [-0.15, -0.1) is 0 Å². The van der Waals surface area contributed by atoms with E-state index < -0.39 is 31.6 Å². The fraction of sp³-hybridized carbons (Fsp3) is 0.833. The summed E-state index contributed by atoms with van der Waals surface area (Å²) in [6.45, 7) is 1.22. The van der Waals surface area contributed by atoms with Crippen molar-refractivity contribution in [3.63, 3.8) is 0 Å². The van der Waals surface area contributed by atoms with Crippen molar-refractivity contribution >= 4 is 13.0 Å². The van der Waals surface area contributed by atoms with Crippen LogP contribution in [-0.2, 0) is 4.79 Å². The van der Waals surface area contributed by atoms with Gasteiger partial charge in [0.15, 0.2) is 0 Å². The number of aliphatic hydroxyl groups is 1. The quantitative estimate of drug-likeness (QED) is 0.300. The molecule has 0 saturated carbocycles. The summed E-state index contributed by atoms with van der Waals surface area (Å²) in [5.41, 5.74) is 5.19. The predicted molar refractivity (Wildman–Crippen MR) is 47.5 cm³/mol. The second-order valence-electron chi connectivity index (χ2n) is 2.73. The van der Waals surface area contributed by atoms with Gasteiger partial charge in [0.25, 0.3) is 0 Å². The zero-order valence-electron chi connectivity index (χ0n) is 7.47. The molecule has 0 aromatic heterocycles. The molecule has 76 valence electrons. The van der Waals surface area contributed by atoms with Crippen LogP contribution in [0.1, 0.15) is 13.3 Å². The molecule has 2 atom stereocenters. The van der Waals surface area contributed by atoms with Crippen LogP contribution >= 0.6 is 0 Å². The Morgan fingerprint density at radius 2 is 2.15 bits per heavy atom. The lowest BCUT2D eigenvalue weighted by Crippen LogP contribution is -2.52. The van der Waals surface area contributed by atoms with Crippen LogP contribution in [-0.4, -0.2) is 46.8 Å². The van der Waals surface area contributed by atoms with Crippen LogP contribution in [0.5, 0.6) is 0 Å². The highest BCUT2D eigenvalue weighted by Crippen LogP contribution is 1.92. The Hall–Kier alpha value is -0.625. The van der Waals surface area contributed by atoms with Crippen LogP contribution in [0.25, 0.3) is 0 Å². The van der Waals surface area contributed by atoms with E-state index in [2.05, 4.69) is 5.32 Å². The molecule has 0 bridgehead atoms. The number of nitrogens with one attached hydrogen (secondary N) is 1. The first-order chi connectivity index (χ1) is 6.02. The van der Waals surface area contributed by atoms with E-state index in [-0.39, 0.29) is 0 Å². The minimum absolute atomic E-state index is 0.377. The van der Waals surface area contributed by atoms with Gasteiger partial charge in [-0.2, -0.15) is 0 Å². The Balaban J connectivity index is 4.01. The molecule has 0 rings (SSSR count). The van der Waals surface area contributed by atoms with E-state index in [0.29, 0.717) is 6.42 Å². The van der Waals surface area contributed by atoms with Gasteiger partial charge in [0, 0.05) is 0 Å². The van der Waals surface area contributed by atoms with Gasteiger partial charge in [-0.1, -0.05) is 6.92 Å². The Kier molecular flexibility index (Phi) is 5.64. The van der Waals surface area contributed by atoms with Crippen molar-refractivity contribution in [1.82, 2.24) is 5.32 Å². The SMILES string of the molecule is CC[C@H](NC(=O)[C@@H](N)CO)B(O)O. The predicted octanol–water partition coefficient (Wildman–Crippen LogP) is -2.79. The first-order valence-electron chi connectivity index (χ1n) is 4.05. The van der Waals surface area contributed by atoms with Gasteiger partial charge in [0.2, 0.25) is 5.91 Å². The third kappa shape index (κ3) is 4.23. The maximum Gasteiger partial charge on any atom is 0.475 e. The van der Waals surface area contributed by atoms with E-state index in [9.17, 15) is 4.79 Å². The van der Waals surface area contributed by atoms with Gasteiger partial charge in [0.05, 0.1) is 12.5 Å². The number of rotatable bonds is 5. The zero-order valence-corrected chi connectivity index (χ0v) is 7.47. The second kappa shape index (κ2) is 5.93. The van der Waals surface area contributed by atoms with Crippen LogP contribution in [0.4, 0.5) is 0 Å². The van der Waals surface area contributed by atoms with E-state index in [1.54, 1.807) is 6.92 Å². The number of hydrogen-bond acceptors (Lipinski definition) is 5. The van der Waals surface area contributed by atoms with Gasteiger partial charge < -0.3 is 26.2 Å². The molecule has 0 fully saturated rings. The summed E-state index contributed by atoms with van der Waals surface area (Å²) in [6.07, 6.45) is 0.377. The molecule has 0 aliphatic heterocycles. The lowest BCUT2D eigenvalue weighted by Gasteiger charge is -2.17. The summed E-state index contributed by atoms with van der Waals surface area (Å²) >= 11 is 0. The molecule has 0 aliphatic rings. The largest absolute Gasteiger partial charge is 0.475 e. The molecule has 0 radical (unpaired) electrons. The number of nitrogens with two attached hydrogens (primary N) is 1. The topological polar surface area (TPSA) is 116 Å². The van der Waals surface area contributed by atoms with Crippen molar-refractivity contribution in [2.75, 3.05) is 6.61 Å². The van der Waals surface area contributed by atoms with Crippen molar-refractivity contribution in [3.05, 3.63) is 0 Å². The average Bonchev–Trinajstić information content (AvgIpc) is 2.11. The minimum Gasteiger partial charge on any atom is -0.426 e. The van der Waals surface area contributed by atoms with Crippen LogP contribution in [0, 0.1) is 0 Å². The number of carbonyl (C=O) groups is 1. The average molecular weight is 190 g/mol. The maximum absolute atomic E-state index is 11.0. The Morgan fingerprint density at radius 3 is 2.46 bits per heavy atom. The highest BCUT2D eigenvalue weighted by Gasteiger charge is 2.25. The van der Waals surface area contributed by atoms with Gasteiger partial charge in [-0.05, 0) is 6.42 Å². The minimum atomic E-state index is -1.61. The summed E-state index contributed by atoms with van der Waals surface area (Å²) in [5, 5.41) is 28.3. The van der Waals surface area contributed by atoms with Gasteiger partial charge in [0.1, 0.15) is 6.04 Å². The van der Waals surface area contributed by atoms with E-state index in [1.807, 2.05) is 0 Å². The third-order valence-electron chi connectivity index (χ3n) is 1.66. The Labute approximate surface area is 76.9 Å². The fourth-order valence-corrected chi connectivity index (χ4v) is 0.760. The van der Waals surface area contributed by atoms with Gasteiger partial charge >= 0.3 is 7.12 Å². The monoisotopic (exact) mass is 190 g/mol. The summed E-state index contributed by atoms with van der Waals surface area (Å²) in [6, 6.07) is -1.02. The number of hydrogen-bond donors (Lipinski definition) is 5. The first-order valence-corrected chi connectivity index (χ1v) is 4.05. The molecule has 0 aliphatic carbocycles. The molecule has 0 aromatic carbocycles. The number of carbonyl (C=O) groups excluding carboxylic acids is 1. The second-order valence-corrected chi connectivity index (χ2v) is 2.73. The maximum atomic E-state index is 11.0. The Morgan fingerprint density at radius 1 is 1.62 bits per heavy atom. The first kappa shape index (κ1) is 12.4. The van der Waals surface area contributed by atoms with Crippen molar-refractivity contribution in [1.29, 1.82) is 0 Å². The Bertz CT molecular complexity index is 167. The van der Waals surface area contributed by atoms with Gasteiger partial charge in [-0.25, -0.2) is 0 Å². The van der Waals surface area contributed by atoms with Gasteiger partial charge in [-0.3, -0.25) is 4.79 Å². The van der Waals surface area contributed by atoms with Crippen LogP contribution < -0.4 is 11.1 Å². The van der Waals surface area contributed by atoms with Crippen LogP contribution in [0.2, 0.25) is 0 Å². The lowest BCUT2D eigenvalue weighted by atomic mass is 9.78. The molecular weight excluding hydrogens is 175 g/mol. The smallest absolute Gasteiger partial charge is 0.426 e. The molecule has 0 spiro atoms. The molecule has 0 unspecified atom stereocenters. The molecule has 0 heterocycles. The highest BCUT2D eigenvalue weighted by atomic mass is 16.4. The molecule has 0 saturated heterocycles. The molecule has 13 heavy (non-hydrogen) atoms. The third-order valence-corrected chi connectivity index (χ3v) is 1.66. The number of amides is 1. The van der Waals surface area contributed by atoms with Crippen molar-refractivity contribution < 1.29 is 19.9 Å². The molecule has 7 heteroatoms. The van der Waals surface area contributed by atoms with E-state index in [1.165, 1.54) is 0 Å². The lowest BCUT2D eigenvalue weighted by molar-refractivity contribution is -0.123. The summed E-state index contributed by atoms with van der Waals surface area (Å²) in [5.74, 6) is -1.34. The standard InChI is InChI=1S/C6H15BN2O4/c1-2-5(7(12)13)9-6(11)4(8)3-10/h4-5,10,12-13H,2-3,8H2,1H3,(H,9,11)/t4-,5-/m0/s1. The van der Waals surface area contributed by atoms with Crippen LogP contribution in [0.3, 0.4) is 0 Å².